The van der Waals surface area contributed by atoms with Crippen LogP contribution < -0.4 is 34.9 Å². The van der Waals surface area contributed by atoms with Gasteiger partial charge in [-0.1, -0.05) is 6.92 Å². The van der Waals surface area contributed by atoms with E-state index in [0.29, 0.717) is 6.42 Å². The average Bonchev–Trinajstić information content (AvgIpc) is 1.65. The van der Waals surface area contributed by atoms with Crippen molar-refractivity contribution in [2.24, 2.45) is 0 Å². The predicted octanol–water partition coefficient (Wildman–Crippen LogP) is -3.51. The molecule has 0 aromatic carbocycles. The van der Waals surface area contributed by atoms with Crippen LogP contribution in [0.5, 0.6) is 0 Å². The largest absolute Gasteiger partial charge is 1.00 e. The van der Waals surface area contributed by atoms with Crippen molar-refractivity contribution in [1.29, 1.82) is 0 Å². The van der Waals surface area contributed by atoms with Gasteiger partial charge in [0, 0.05) is 0 Å². The molecule has 0 heterocycles. The summed E-state index contributed by atoms with van der Waals surface area (Å²) in [5, 5.41) is 1.46. The SMILES string of the molecule is CCC(NC)S(=O)(=O)[O-].[Na+]. The van der Waals surface area contributed by atoms with Gasteiger partial charge in [-0.2, -0.15) is 0 Å². The van der Waals surface area contributed by atoms with Gasteiger partial charge in [-0.3, -0.25) is 0 Å². The van der Waals surface area contributed by atoms with Crippen molar-refractivity contribution < 1.29 is 42.5 Å². The fourth-order valence-electron chi connectivity index (χ4n) is 0.553. The van der Waals surface area contributed by atoms with Gasteiger partial charge in [0.1, 0.15) is 10.1 Å². The number of nitrogens with one attached hydrogen (secondary N) is 1. The van der Waals surface area contributed by atoms with Crippen LogP contribution in [0.25, 0.3) is 0 Å². The molecule has 0 aromatic rings. The van der Waals surface area contributed by atoms with Gasteiger partial charge in [-0.05, 0) is 13.5 Å². The molecule has 0 bridgehead atoms. The smallest absolute Gasteiger partial charge is 0.747 e. The maximum absolute atomic E-state index is 10.2. The van der Waals surface area contributed by atoms with Crippen molar-refractivity contribution in [3.63, 3.8) is 0 Å². The molecule has 0 amide bonds. The maximum atomic E-state index is 10.2. The minimum absolute atomic E-state index is 0. The Morgan fingerprint density at radius 1 is 1.60 bits per heavy atom. The van der Waals surface area contributed by atoms with Crippen molar-refractivity contribution in [2.45, 2.75) is 18.7 Å². The zero-order chi connectivity index (χ0) is 7.49. The summed E-state index contributed by atoms with van der Waals surface area (Å²) in [6.07, 6.45) is 0.308. The monoisotopic (exact) mass is 175 g/mol. The molecule has 0 aliphatic rings. The van der Waals surface area contributed by atoms with E-state index in [4.69, 9.17) is 0 Å². The van der Waals surface area contributed by atoms with Gasteiger partial charge in [0.2, 0.25) is 0 Å². The minimum Gasteiger partial charge on any atom is -0.747 e. The van der Waals surface area contributed by atoms with Crippen molar-refractivity contribution >= 4 is 10.1 Å². The Hall–Kier alpha value is 0.870. The second-order valence-electron chi connectivity index (χ2n) is 1.68. The summed E-state index contributed by atoms with van der Waals surface area (Å²) in [6, 6.07) is 0. The third-order valence-corrected chi connectivity index (χ3v) is 2.31. The summed E-state index contributed by atoms with van der Waals surface area (Å²) in [4.78, 5) is 0. The first kappa shape index (κ1) is 13.5. The molecule has 0 aliphatic heterocycles. The molecule has 1 unspecified atom stereocenters. The Morgan fingerprint density at radius 3 is 2.00 bits per heavy atom. The van der Waals surface area contributed by atoms with Crippen LogP contribution in [0.1, 0.15) is 13.3 Å². The average molecular weight is 175 g/mol. The number of hydrogen-bond donors (Lipinski definition) is 1. The summed E-state index contributed by atoms with van der Waals surface area (Å²) < 4.78 is 30.5. The van der Waals surface area contributed by atoms with Gasteiger partial charge in [-0.25, -0.2) is 8.42 Å². The molecular weight excluding hydrogens is 165 g/mol. The van der Waals surface area contributed by atoms with Crippen molar-refractivity contribution in [1.82, 2.24) is 5.32 Å². The third kappa shape index (κ3) is 4.65. The zero-order valence-electron chi connectivity index (χ0n) is 6.42. The van der Waals surface area contributed by atoms with E-state index >= 15 is 0 Å². The first-order valence-electron chi connectivity index (χ1n) is 2.64. The van der Waals surface area contributed by atoms with Crippen molar-refractivity contribution in [3.8, 4) is 0 Å². The van der Waals surface area contributed by atoms with E-state index in [1.54, 1.807) is 6.92 Å². The standard InChI is InChI=1S/C4H11NO3S.Na/c1-3-4(5-2)9(6,7)8;/h4-5H,3H2,1-2H3,(H,6,7,8);/q;+1/p-1. The fourth-order valence-corrected chi connectivity index (χ4v) is 1.25. The summed E-state index contributed by atoms with van der Waals surface area (Å²) in [5.41, 5.74) is 0. The van der Waals surface area contributed by atoms with Crippen molar-refractivity contribution in [2.75, 3.05) is 7.05 Å². The van der Waals surface area contributed by atoms with Crippen LogP contribution >= 0.6 is 0 Å². The van der Waals surface area contributed by atoms with Crippen LogP contribution in [0.15, 0.2) is 0 Å². The first-order valence-corrected chi connectivity index (χ1v) is 4.11. The van der Waals surface area contributed by atoms with Gasteiger partial charge < -0.3 is 9.87 Å². The van der Waals surface area contributed by atoms with Crippen LogP contribution in [-0.4, -0.2) is 25.4 Å². The molecule has 6 heteroatoms. The van der Waals surface area contributed by atoms with Crippen LogP contribution in [-0.2, 0) is 10.1 Å². The van der Waals surface area contributed by atoms with E-state index in [0.717, 1.165) is 0 Å². The Bertz CT molecular complexity index is 163. The van der Waals surface area contributed by atoms with E-state index < -0.39 is 15.5 Å². The van der Waals surface area contributed by atoms with E-state index in [-0.39, 0.29) is 29.6 Å². The van der Waals surface area contributed by atoms with E-state index in [2.05, 4.69) is 5.32 Å². The molecule has 0 radical (unpaired) electrons. The second-order valence-corrected chi connectivity index (χ2v) is 3.23. The molecule has 1 atom stereocenters. The Kier molecular flexibility index (Phi) is 7.42. The summed E-state index contributed by atoms with van der Waals surface area (Å²) in [5.74, 6) is 0. The van der Waals surface area contributed by atoms with Gasteiger partial charge in [0.05, 0.1) is 5.37 Å². The minimum atomic E-state index is -4.13. The van der Waals surface area contributed by atoms with Gasteiger partial charge in [0.25, 0.3) is 0 Å². The molecule has 0 spiro atoms. The third-order valence-electron chi connectivity index (χ3n) is 1.04. The molecule has 0 rings (SSSR count). The van der Waals surface area contributed by atoms with Crippen LogP contribution in [0, 0.1) is 0 Å². The van der Waals surface area contributed by atoms with Crippen LogP contribution in [0.4, 0.5) is 0 Å². The quantitative estimate of drug-likeness (QED) is 0.357. The molecule has 10 heavy (non-hydrogen) atoms. The molecule has 0 aromatic heterocycles. The van der Waals surface area contributed by atoms with E-state index in [9.17, 15) is 13.0 Å². The van der Waals surface area contributed by atoms with Gasteiger partial charge in [0.15, 0.2) is 0 Å². The number of hydrogen-bond acceptors (Lipinski definition) is 4. The van der Waals surface area contributed by atoms with Crippen molar-refractivity contribution in [3.05, 3.63) is 0 Å². The summed E-state index contributed by atoms with van der Waals surface area (Å²) >= 11 is 0. The van der Waals surface area contributed by atoms with Crippen LogP contribution in [0.2, 0.25) is 0 Å². The topological polar surface area (TPSA) is 69.2 Å². The Labute approximate surface area is 83.4 Å². The molecular formula is C4H10NNaO3S. The molecule has 4 nitrogen and oxygen atoms in total. The summed E-state index contributed by atoms with van der Waals surface area (Å²) in [7, 11) is -2.68. The summed E-state index contributed by atoms with van der Waals surface area (Å²) in [6.45, 7) is 1.64. The zero-order valence-corrected chi connectivity index (χ0v) is 9.23. The predicted molar refractivity (Wildman–Crippen MR) is 32.8 cm³/mol. The van der Waals surface area contributed by atoms with Gasteiger partial charge in [-0.15, -0.1) is 0 Å². The number of rotatable bonds is 3. The molecule has 0 fully saturated rings. The van der Waals surface area contributed by atoms with E-state index in [1.807, 2.05) is 0 Å². The van der Waals surface area contributed by atoms with Crippen LogP contribution in [0.3, 0.4) is 0 Å². The molecule has 0 saturated carbocycles. The first-order chi connectivity index (χ1) is 4.02. The Balaban J connectivity index is 0. The molecule has 0 saturated heterocycles. The normalized spacial score (nSPS) is 13.9. The molecule has 0 aliphatic carbocycles. The molecule has 1 N–H and O–H groups in total. The maximum Gasteiger partial charge on any atom is 1.00 e. The Morgan fingerprint density at radius 2 is 2.00 bits per heavy atom. The second kappa shape index (κ2) is 5.51. The molecule has 56 valence electrons. The fraction of sp³-hybridized carbons (Fsp3) is 1.00. The van der Waals surface area contributed by atoms with E-state index in [1.165, 1.54) is 7.05 Å². The van der Waals surface area contributed by atoms with Gasteiger partial charge >= 0.3 is 29.6 Å².